The summed E-state index contributed by atoms with van der Waals surface area (Å²) in [6.07, 6.45) is 1.81. The van der Waals surface area contributed by atoms with Crippen LogP contribution in [-0.4, -0.2) is 19.7 Å². The number of hydrogen-bond donors (Lipinski definition) is 0. The molecule has 0 aliphatic rings. The van der Waals surface area contributed by atoms with Crippen molar-refractivity contribution in [3.8, 4) is 0 Å². The Morgan fingerprint density at radius 1 is 1.50 bits per heavy atom. The van der Waals surface area contributed by atoms with Gasteiger partial charge in [0.15, 0.2) is 5.65 Å². The first-order chi connectivity index (χ1) is 5.68. The molecule has 0 aliphatic heterocycles. The molecule has 0 fully saturated rings. The highest BCUT2D eigenvalue weighted by atomic mass is 127. The van der Waals surface area contributed by atoms with Crippen molar-refractivity contribution >= 4 is 33.6 Å². The molecule has 0 bridgehead atoms. The number of halogens is 1. The lowest BCUT2D eigenvalue weighted by molar-refractivity contribution is 0.774. The fourth-order valence-corrected chi connectivity index (χ4v) is 1.79. The Balaban J connectivity index is 2.90. The van der Waals surface area contributed by atoms with E-state index >= 15 is 0 Å². The van der Waals surface area contributed by atoms with Gasteiger partial charge in [-0.3, -0.25) is 0 Å². The minimum Gasteiger partial charge on any atom is -0.249 e. The van der Waals surface area contributed by atoms with E-state index in [1.807, 2.05) is 20.2 Å². The van der Waals surface area contributed by atoms with Gasteiger partial charge in [0, 0.05) is 13.2 Å². The predicted molar refractivity (Wildman–Crippen MR) is 53.8 cm³/mol. The van der Waals surface area contributed by atoms with Crippen LogP contribution in [0.1, 0.15) is 5.82 Å². The van der Waals surface area contributed by atoms with Crippen molar-refractivity contribution in [2.45, 2.75) is 6.92 Å². The van der Waals surface area contributed by atoms with Gasteiger partial charge in [0.2, 0.25) is 0 Å². The lowest BCUT2D eigenvalue weighted by Crippen LogP contribution is -1.94. The Kier molecular flexibility index (Phi) is 1.75. The maximum Gasteiger partial charge on any atom is 0.162 e. The summed E-state index contributed by atoms with van der Waals surface area (Å²) < 4.78 is 2.72. The number of rotatable bonds is 0. The maximum atomic E-state index is 4.28. The molecule has 0 amide bonds. The van der Waals surface area contributed by atoms with Crippen molar-refractivity contribution in [3.63, 3.8) is 0 Å². The third-order valence-electron chi connectivity index (χ3n) is 1.66. The Hall–Kier alpha value is -0.720. The van der Waals surface area contributed by atoms with Gasteiger partial charge >= 0.3 is 0 Å². The van der Waals surface area contributed by atoms with Crippen LogP contribution in [-0.2, 0) is 7.05 Å². The van der Waals surface area contributed by atoms with E-state index in [1.165, 1.54) is 0 Å². The summed E-state index contributed by atoms with van der Waals surface area (Å²) in [7, 11) is 1.89. The van der Waals surface area contributed by atoms with Gasteiger partial charge in [-0.1, -0.05) is 0 Å². The van der Waals surface area contributed by atoms with Crippen LogP contribution in [0.15, 0.2) is 6.20 Å². The zero-order valence-electron chi connectivity index (χ0n) is 6.74. The Morgan fingerprint density at radius 3 is 3.00 bits per heavy atom. The molecule has 5 heteroatoms. The van der Waals surface area contributed by atoms with Gasteiger partial charge in [0.1, 0.15) is 9.53 Å². The summed E-state index contributed by atoms with van der Waals surface area (Å²) in [6, 6.07) is 0. The van der Waals surface area contributed by atoms with Crippen molar-refractivity contribution in [2.75, 3.05) is 0 Å². The SMILES string of the molecule is Cc1ncc2c(I)nn(C)c2n1. The van der Waals surface area contributed by atoms with Crippen LogP contribution in [0.5, 0.6) is 0 Å². The fraction of sp³-hybridized carbons (Fsp3) is 0.286. The van der Waals surface area contributed by atoms with Crippen LogP contribution in [0.4, 0.5) is 0 Å². The van der Waals surface area contributed by atoms with Gasteiger partial charge in [-0.05, 0) is 29.5 Å². The van der Waals surface area contributed by atoms with Crippen LogP contribution in [0.3, 0.4) is 0 Å². The van der Waals surface area contributed by atoms with Crippen molar-refractivity contribution in [1.29, 1.82) is 0 Å². The molecule has 0 saturated heterocycles. The van der Waals surface area contributed by atoms with E-state index in [1.54, 1.807) is 4.68 Å². The minimum atomic E-state index is 0.780. The summed E-state index contributed by atoms with van der Waals surface area (Å²) >= 11 is 2.18. The van der Waals surface area contributed by atoms with E-state index in [4.69, 9.17) is 0 Å². The van der Waals surface area contributed by atoms with E-state index in [-0.39, 0.29) is 0 Å². The predicted octanol–water partition coefficient (Wildman–Crippen LogP) is 1.28. The van der Waals surface area contributed by atoms with Crippen LogP contribution in [0.2, 0.25) is 0 Å². The van der Waals surface area contributed by atoms with E-state index in [2.05, 4.69) is 37.7 Å². The van der Waals surface area contributed by atoms with E-state index in [9.17, 15) is 0 Å². The zero-order valence-corrected chi connectivity index (χ0v) is 8.90. The number of hydrogen-bond acceptors (Lipinski definition) is 3. The van der Waals surface area contributed by atoms with Crippen molar-refractivity contribution in [2.24, 2.45) is 7.05 Å². The Labute approximate surface area is 83.2 Å². The quantitative estimate of drug-likeness (QED) is 0.680. The molecule has 2 aromatic rings. The fourth-order valence-electron chi connectivity index (χ4n) is 1.08. The molecule has 0 saturated carbocycles. The molecule has 2 aromatic heterocycles. The molecular formula is C7H7IN4. The third-order valence-corrected chi connectivity index (χ3v) is 2.45. The second-order valence-corrected chi connectivity index (χ2v) is 3.59. The average molecular weight is 274 g/mol. The molecule has 4 nitrogen and oxygen atoms in total. The van der Waals surface area contributed by atoms with Crippen LogP contribution in [0, 0.1) is 10.6 Å². The molecule has 0 aliphatic carbocycles. The first-order valence-electron chi connectivity index (χ1n) is 3.50. The normalized spacial score (nSPS) is 10.9. The molecule has 0 spiro atoms. The number of aryl methyl sites for hydroxylation is 2. The second-order valence-electron chi connectivity index (χ2n) is 2.57. The van der Waals surface area contributed by atoms with Gasteiger partial charge in [0.25, 0.3) is 0 Å². The van der Waals surface area contributed by atoms with Gasteiger partial charge in [-0.25, -0.2) is 14.6 Å². The topological polar surface area (TPSA) is 43.6 Å². The van der Waals surface area contributed by atoms with Crippen molar-refractivity contribution in [3.05, 3.63) is 15.7 Å². The van der Waals surface area contributed by atoms with Gasteiger partial charge in [-0.2, -0.15) is 5.10 Å². The number of fused-ring (bicyclic) bond motifs is 1. The maximum absolute atomic E-state index is 4.28. The lowest BCUT2D eigenvalue weighted by Gasteiger charge is -1.92. The van der Waals surface area contributed by atoms with Gasteiger partial charge in [-0.15, -0.1) is 0 Å². The summed E-state index contributed by atoms with van der Waals surface area (Å²) in [5.41, 5.74) is 0.895. The number of nitrogens with zero attached hydrogens (tertiary/aromatic N) is 4. The molecule has 0 atom stereocenters. The van der Waals surface area contributed by atoms with Crippen LogP contribution < -0.4 is 0 Å². The summed E-state index contributed by atoms with van der Waals surface area (Å²) in [6.45, 7) is 1.87. The smallest absolute Gasteiger partial charge is 0.162 e. The second kappa shape index (κ2) is 2.65. The van der Waals surface area contributed by atoms with E-state index < -0.39 is 0 Å². The largest absolute Gasteiger partial charge is 0.249 e. The lowest BCUT2D eigenvalue weighted by atomic mass is 10.4. The molecule has 0 aromatic carbocycles. The first kappa shape index (κ1) is 7.90. The van der Waals surface area contributed by atoms with E-state index in [0.717, 1.165) is 20.6 Å². The molecule has 0 radical (unpaired) electrons. The highest BCUT2D eigenvalue weighted by Crippen LogP contribution is 2.15. The highest BCUT2D eigenvalue weighted by molar-refractivity contribution is 14.1. The first-order valence-corrected chi connectivity index (χ1v) is 4.58. The van der Waals surface area contributed by atoms with Gasteiger partial charge in [0.05, 0.1) is 5.39 Å². The van der Waals surface area contributed by atoms with Gasteiger partial charge < -0.3 is 0 Å². The van der Waals surface area contributed by atoms with Crippen LogP contribution in [0.25, 0.3) is 11.0 Å². The van der Waals surface area contributed by atoms with E-state index in [0.29, 0.717) is 0 Å². The number of aromatic nitrogens is 4. The van der Waals surface area contributed by atoms with Crippen molar-refractivity contribution < 1.29 is 0 Å². The minimum absolute atomic E-state index is 0.780. The molecule has 62 valence electrons. The molecule has 2 heterocycles. The molecule has 0 N–H and O–H groups in total. The average Bonchev–Trinajstić information content (AvgIpc) is 2.28. The highest BCUT2D eigenvalue weighted by Gasteiger charge is 2.06. The summed E-state index contributed by atoms with van der Waals surface area (Å²) in [4.78, 5) is 8.39. The zero-order chi connectivity index (χ0) is 8.72. The van der Waals surface area contributed by atoms with Crippen LogP contribution >= 0.6 is 22.6 Å². The molecule has 0 unspecified atom stereocenters. The molecule has 2 rings (SSSR count). The third kappa shape index (κ3) is 1.08. The molecular weight excluding hydrogens is 267 g/mol. The summed E-state index contributed by atoms with van der Waals surface area (Å²) in [5, 5.41) is 5.25. The van der Waals surface area contributed by atoms with Crippen molar-refractivity contribution in [1.82, 2.24) is 19.7 Å². The summed E-state index contributed by atoms with van der Waals surface area (Å²) in [5.74, 6) is 0.780. The Bertz CT molecular complexity index is 434. The standard InChI is InChI=1S/C7H7IN4/c1-4-9-3-5-6(8)11-12(2)7(5)10-4/h3H,1-2H3. The monoisotopic (exact) mass is 274 g/mol. The molecule has 12 heavy (non-hydrogen) atoms. The Morgan fingerprint density at radius 2 is 2.25 bits per heavy atom.